The van der Waals surface area contributed by atoms with Crippen LogP contribution in [-0.4, -0.2) is 57.5 Å². The molecule has 0 saturated heterocycles. The van der Waals surface area contributed by atoms with Crippen LogP contribution in [0.4, 0.5) is 0 Å². The van der Waals surface area contributed by atoms with Gasteiger partial charge in [0.15, 0.2) is 0 Å². The zero-order valence-electron chi connectivity index (χ0n) is 16.1. The molecule has 140 valence electrons. The first-order valence-corrected chi connectivity index (χ1v) is 10.5. The lowest BCUT2D eigenvalue weighted by Crippen LogP contribution is -2.37. The summed E-state index contributed by atoms with van der Waals surface area (Å²) in [7, 11) is 1.78. The van der Waals surface area contributed by atoms with E-state index in [0.717, 1.165) is 18.5 Å². The highest BCUT2D eigenvalue weighted by molar-refractivity contribution is 8.02. The van der Waals surface area contributed by atoms with Crippen LogP contribution in [0, 0.1) is 5.92 Å². The van der Waals surface area contributed by atoms with E-state index in [0.29, 0.717) is 11.7 Å². The summed E-state index contributed by atoms with van der Waals surface area (Å²) in [5.74, 6) is 2.00. The first-order valence-electron chi connectivity index (χ1n) is 8.51. The van der Waals surface area contributed by atoms with Gasteiger partial charge in [0, 0.05) is 24.3 Å². The van der Waals surface area contributed by atoms with Crippen LogP contribution in [-0.2, 0) is 14.4 Å². The molecular weight excluding hydrogens is 342 g/mol. The fourth-order valence-electron chi connectivity index (χ4n) is 2.36. The van der Waals surface area contributed by atoms with Gasteiger partial charge < -0.3 is 9.69 Å². The summed E-state index contributed by atoms with van der Waals surface area (Å²) in [5, 5.41) is -0.333. The maximum Gasteiger partial charge on any atom is 0.224 e. The molecule has 1 amide bonds. The van der Waals surface area contributed by atoms with Crippen molar-refractivity contribution in [2.75, 3.05) is 18.6 Å². The van der Waals surface area contributed by atoms with E-state index in [1.165, 1.54) is 0 Å². The Morgan fingerprint density at radius 1 is 1.25 bits per heavy atom. The molecule has 0 radical (unpaired) electrons. The molecule has 0 aliphatic rings. The largest absolute Gasteiger partial charge is 0.343 e. The number of thioether (sulfide) groups is 2. The molecule has 2 unspecified atom stereocenters. The van der Waals surface area contributed by atoms with E-state index in [4.69, 9.17) is 0 Å². The summed E-state index contributed by atoms with van der Waals surface area (Å²) in [5.41, 5.74) is 0. The number of ketones is 1. The molecule has 0 saturated carbocycles. The van der Waals surface area contributed by atoms with Gasteiger partial charge in [0.1, 0.15) is 12.1 Å². The van der Waals surface area contributed by atoms with Gasteiger partial charge in [-0.25, -0.2) is 0 Å². The van der Waals surface area contributed by atoms with Crippen molar-refractivity contribution in [2.24, 2.45) is 5.92 Å². The minimum atomic E-state index is -0.333. The summed E-state index contributed by atoms with van der Waals surface area (Å²) in [6, 6.07) is 0.134. The molecule has 0 aliphatic carbocycles. The van der Waals surface area contributed by atoms with Crippen molar-refractivity contribution in [2.45, 2.75) is 70.4 Å². The van der Waals surface area contributed by atoms with Crippen LogP contribution < -0.4 is 0 Å². The van der Waals surface area contributed by atoms with Crippen molar-refractivity contribution in [3.8, 4) is 0 Å². The fraction of sp³-hybridized carbons (Fsp3) is 0.833. The van der Waals surface area contributed by atoms with Gasteiger partial charge in [-0.2, -0.15) is 11.8 Å². The number of nitrogens with zero attached hydrogens (tertiary/aromatic N) is 1. The highest BCUT2D eigenvalue weighted by Crippen LogP contribution is 2.39. The minimum absolute atomic E-state index is 0.00408. The van der Waals surface area contributed by atoms with E-state index in [1.54, 1.807) is 42.4 Å². The number of amides is 1. The predicted molar refractivity (Wildman–Crippen MR) is 106 cm³/mol. The molecule has 24 heavy (non-hydrogen) atoms. The van der Waals surface area contributed by atoms with Gasteiger partial charge in [0.2, 0.25) is 5.91 Å². The fourth-order valence-corrected chi connectivity index (χ4v) is 5.31. The van der Waals surface area contributed by atoms with E-state index >= 15 is 0 Å². The molecule has 0 N–H and O–H groups in total. The Morgan fingerprint density at radius 2 is 1.83 bits per heavy atom. The Morgan fingerprint density at radius 3 is 2.25 bits per heavy atom. The van der Waals surface area contributed by atoms with Crippen LogP contribution in [0.25, 0.3) is 0 Å². The SMILES string of the molecule is CCC(CSCC(C)=O)C(C)(C)SC(C=O)CC(=O)N(C)C(C)C. The summed E-state index contributed by atoms with van der Waals surface area (Å²) >= 11 is 3.23. The molecule has 0 aromatic rings. The van der Waals surface area contributed by atoms with Gasteiger partial charge in [0.25, 0.3) is 0 Å². The van der Waals surface area contributed by atoms with Crippen LogP contribution in [0.2, 0.25) is 0 Å². The molecule has 0 fully saturated rings. The van der Waals surface area contributed by atoms with Crippen molar-refractivity contribution in [3.63, 3.8) is 0 Å². The molecule has 0 aromatic heterocycles. The van der Waals surface area contributed by atoms with E-state index in [1.807, 2.05) is 13.8 Å². The Labute approximate surface area is 155 Å². The number of aldehydes is 1. The average molecular weight is 376 g/mol. The maximum atomic E-state index is 12.2. The number of carbonyl (C=O) groups is 3. The van der Waals surface area contributed by atoms with Crippen LogP contribution in [0.15, 0.2) is 0 Å². The van der Waals surface area contributed by atoms with Crippen molar-refractivity contribution in [3.05, 3.63) is 0 Å². The van der Waals surface area contributed by atoms with E-state index in [9.17, 15) is 14.4 Å². The van der Waals surface area contributed by atoms with Gasteiger partial charge in [-0.3, -0.25) is 9.59 Å². The van der Waals surface area contributed by atoms with Crippen LogP contribution in [0.3, 0.4) is 0 Å². The second-order valence-corrected chi connectivity index (χ2v) is 9.94. The van der Waals surface area contributed by atoms with Gasteiger partial charge in [-0.05, 0) is 32.4 Å². The van der Waals surface area contributed by atoms with Gasteiger partial charge in [0.05, 0.1) is 11.0 Å². The monoisotopic (exact) mass is 375 g/mol. The lowest BCUT2D eigenvalue weighted by Gasteiger charge is -2.35. The molecule has 0 aliphatic heterocycles. The third-order valence-electron chi connectivity index (χ3n) is 4.25. The van der Waals surface area contributed by atoms with Crippen molar-refractivity contribution in [1.82, 2.24) is 4.90 Å². The Kier molecular flexibility index (Phi) is 11.0. The summed E-state index contributed by atoms with van der Waals surface area (Å²) in [6.45, 7) is 11.9. The highest BCUT2D eigenvalue weighted by Gasteiger charge is 2.33. The third kappa shape index (κ3) is 8.56. The molecule has 6 heteroatoms. The predicted octanol–water partition coefficient (Wildman–Crippen LogP) is 3.67. The summed E-state index contributed by atoms with van der Waals surface area (Å²) < 4.78 is -0.124. The van der Waals surface area contributed by atoms with Gasteiger partial charge in [-0.1, -0.05) is 27.2 Å². The number of hydrogen-bond acceptors (Lipinski definition) is 5. The van der Waals surface area contributed by atoms with Crippen molar-refractivity contribution in [1.29, 1.82) is 0 Å². The Bertz CT molecular complexity index is 424. The van der Waals surface area contributed by atoms with Crippen LogP contribution in [0.5, 0.6) is 0 Å². The molecular formula is C18H33NO3S2. The first kappa shape index (κ1) is 23.5. The smallest absolute Gasteiger partial charge is 0.224 e. The molecule has 0 heterocycles. The minimum Gasteiger partial charge on any atom is -0.343 e. The second kappa shape index (κ2) is 11.2. The van der Waals surface area contributed by atoms with Crippen LogP contribution in [0.1, 0.15) is 54.4 Å². The van der Waals surface area contributed by atoms with E-state index in [2.05, 4.69) is 20.8 Å². The van der Waals surface area contributed by atoms with Crippen molar-refractivity contribution < 1.29 is 14.4 Å². The molecule has 0 spiro atoms. The summed E-state index contributed by atoms with van der Waals surface area (Å²) in [6.07, 6.45) is 2.12. The van der Waals surface area contributed by atoms with E-state index in [-0.39, 0.29) is 34.2 Å². The van der Waals surface area contributed by atoms with Gasteiger partial charge >= 0.3 is 0 Å². The molecule has 0 aromatic carbocycles. The number of Topliss-reactive ketones (excluding diaryl/α,β-unsaturated/α-hetero) is 1. The lowest BCUT2D eigenvalue weighted by atomic mass is 9.94. The van der Waals surface area contributed by atoms with Crippen LogP contribution >= 0.6 is 23.5 Å². The molecule has 4 nitrogen and oxygen atoms in total. The molecule has 0 rings (SSSR count). The standard InChI is InChI=1S/C18H33NO3S2/c1-8-15(12-23-11-14(4)21)18(5,6)24-16(10-20)9-17(22)19(7)13(2)3/h10,13,15-16H,8-9,11-12H2,1-7H3. The van der Waals surface area contributed by atoms with Crippen molar-refractivity contribution >= 4 is 41.5 Å². The number of rotatable bonds is 12. The lowest BCUT2D eigenvalue weighted by molar-refractivity contribution is -0.132. The zero-order chi connectivity index (χ0) is 18.9. The van der Waals surface area contributed by atoms with E-state index < -0.39 is 0 Å². The molecule has 0 bridgehead atoms. The summed E-state index contributed by atoms with van der Waals surface area (Å²) in [4.78, 5) is 36.5. The normalized spacial score (nSPS) is 14.3. The number of carbonyl (C=O) groups excluding carboxylic acids is 3. The maximum absolute atomic E-state index is 12.2. The van der Waals surface area contributed by atoms with Gasteiger partial charge in [-0.15, -0.1) is 11.8 Å². The highest BCUT2D eigenvalue weighted by atomic mass is 32.2. The average Bonchev–Trinajstić information content (AvgIpc) is 2.48. The Balaban J connectivity index is 4.77. The molecule has 2 atom stereocenters. The Hall–Kier alpha value is -0.490. The topological polar surface area (TPSA) is 54.5 Å². The first-order chi connectivity index (χ1) is 11.0. The quantitative estimate of drug-likeness (QED) is 0.487. The number of hydrogen-bond donors (Lipinski definition) is 0. The third-order valence-corrected chi connectivity index (χ3v) is 7.02. The zero-order valence-corrected chi connectivity index (χ0v) is 17.8. The second-order valence-electron chi connectivity index (χ2n) is 7.02.